The molecule has 1 N–H and O–H groups in total. The molecule has 3 aromatic heterocycles. The van der Waals surface area contributed by atoms with E-state index in [1.807, 2.05) is 24.4 Å². The quantitative estimate of drug-likeness (QED) is 0.497. The smallest absolute Gasteiger partial charge is 0.234 e. The van der Waals surface area contributed by atoms with E-state index in [1.165, 1.54) is 0 Å². The van der Waals surface area contributed by atoms with Crippen LogP contribution in [0.4, 0.5) is 0 Å². The van der Waals surface area contributed by atoms with Crippen molar-refractivity contribution in [3.8, 4) is 16.9 Å². The van der Waals surface area contributed by atoms with Crippen molar-refractivity contribution in [2.45, 2.75) is 25.3 Å². The number of benzene rings is 1. The molecule has 9 nitrogen and oxygen atoms in total. The summed E-state index contributed by atoms with van der Waals surface area (Å²) in [6, 6.07) is 5.84. The highest BCUT2D eigenvalue weighted by Gasteiger charge is 2.30. The molecule has 1 aromatic carbocycles. The summed E-state index contributed by atoms with van der Waals surface area (Å²) in [6.07, 6.45) is 9.36. The van der Waals surface area contributed by atoms with Crippen molar-refractivity contribution in [1.29, 1.82) is 0 Å². The third-order valence-corrected chi connectivity index (χ3v) is 5.41. The number of methoxy groups -OCH3 is 1. The lowest BCUT2D eigenvalue weighted by Crippen LogP contribution is -2.39. The fraction of sp³-hybridized carbons (Fsp3) is 0.227. The Labute approximate surface area is 177 Å². The number of carbonyl (C=O) groups is 2. The Morgan fingerprint density at radius 2 is 2.03 bits per heavy atom. The third-order valence-electron chi connectivity index (χ3n) is 5.41. The highest BCUT2D eigenvalue weighted by molar-refractivity contribution is 6.02. The second-order valence-corrected chi connectivity index (χ2v) is 7.37. The molecule has 1 atom stereocenters. The zero-order chi connectivity index (χ0) is 21.4. The lowest BCUT2D eigenvalue weighted by molar-refractivity contribution is -0.134. The van der Waals surface area contributed by atoms with Crippen molar-refractivity contribution in [3.63, 3.8) is 0 Å². The summed E-state index contributed by atoms with van der Waals surface area (Å²) < 4.78 is 12.6. The van der Waals surface area contributed by atoms with Crippen molar-refractivity contribution in [3.05, 3.63) is 60.6 Å². The maximum atomic E-state index is 12.2. The molecule has 1 fully saturated rings. The van der Waals surface area contributed by atoms with Gasteiger partial charge in [-0.15, -0.1) is 0 Å². The van der Waals surface area contributed by atoms with E-state index in [2.05, 4.69) is 20.4 Å². The molecule has 1 aliphatic heterocycles. The van der Waals surface area contributed by atoms with E-state index < -0.39 is 0 Å². The molecule has 31 heavy (non-hydrogen) atoms. The molecule has 0 bridgehead atoms. The molecule has 0 saturated carbocycles. The molecule has 156 valence electrons. The average molecular weight is 417 g/mol. The summed E-state index contributed by atoms with van der Waals surface area (Å²) in [5.74, 6) is 0.356. The minimum Gasteiger partial charge on any atom is -0.494 e. The molecule has 4 heterocycles. The number of carbonyl (C=O) groups excluding carboxylic acids is 2. The fourth-order valence-electron chi connectivity index (χ4n) is 3.76. The molecule has 0 radical (unpaired) electrons. The molecule has 2 amide bonds. The SMILES string of the molecule is COc1cnc(Cn2cc(-c3ccc4c(C5CCC(=O)NC5=O)coc4c3)cn2)nc1. The normalized spacial score (nSPS) is 16.5. The second kappa shape index (κ2) is 7.67. The van der Waals surface area contributed by atoms with Crippen LogP contribution in [0.5, 0.6) is 5.75 Å². The number of furan rings is 1. The van der Waals surface area contributed by atoms with Crippen molar-refractivity contribution in [2.75, 3.05) is 7.11 Å². The van der Waals surface area contributed by atoms with E-state index in [9.17, 15) is 9.59 Å². The zero-order valence-electron chi connectivity index (χ0n) is 16.7. The number of imide groups is 1. The molecule has 4 aromatic rings. The van der Waals surface area contributed by atoms with Crippen LogP contribution in [0.3, 0.4) is 0 Å². The Bertz CT molecular complexity index is 1270. The Morgan fingerprint density at radius 1 is 1.19 bits per heavy atom. The van der Waals surface area contributed by atoms with Gasteiger partial charge in [0.1, 0.15) is 18.0 Å². The summed E-state index contributed by atoms with van der Waals surface area (Å²) in [7, 11) is 1.57. The summed E-state index contributed by atoms with van der Waals surface area (Å²) in [5.41, 5.74) is 3.36. The van der Waals surface area contributed by atoms with Crippen LogP contribution in [0.25, 0.3) is 22.1 Å². The minimum absolute atomic E-state index is 0.228. The predicted octanol–water partition coefficient (Wildman–Crippen LogP) is 2.66. The van der Waals surface area contributed by atoms with Crippen LogP contribution in [-0.4, -0.2) is 38.7 Å². The van der Waals surface area contributed by atoms with Crippen molar-refractivity contribution in [1.82, 2.24) is 25.1 Å². The van der Waals surface area contributed by atoms with Crippen LogP contribution >= 0.6 is 0 Å². The predicted molar refractivity (Wildman–Crippen MR) is 110 cm³/mol. The van der Waals surface area contributed by atoms with Gasteiger partial charge in [-0.25, -0.2) is 9.97 Å². The van der Waals surface area contributed by atoms with E-state index in [0.29, 0.717) is 36.5 Å². The van der Waals surface area contributed by atoms with E-state index in [4.69, 9.17) is 9.15 Å². The lowest BCUT2D eigenvalue weighted by atomic mass is 9.90. The highest BCUT2D eigenvalue weighted by Crippen LogP contribution is 2.34. The molecule has 5 rings (SSSR count). The van der Waals surface area contributed by atoms with Crippen LogP contribution in [0, 0.1) is 0 Å². The van der Waals surface area contributed by atoms with Crippen molar-refractivity contribution < 1.29 is 18.7 Å². The number of amides is 2. The van der Waals surface area contributed by atoms with Gasteiger partial charge in [0.15, 0.2) is 5.75 Å². The topological polar surface area (TPSA) is 112 Å². The standard InChI is InChI=1S/C22H19N5O4/c1-30-15-8-23-20(24-9-15)11-27-10-14(7-25-27)13-2-3-16-18(12-31-19(16)6-13)17-4-5-21(28)26-22(17)29/h2-3,6-10,12,17H,4-5,11H2,1H3,(H,26,28,29). The van der Waals surface area contributed by atoms with E-state index in [1.54, 1.807) is 36.6 Å². The van der Waals surface area contributed by atoms with Crippen molar-refractivity contribution in [2.24, 2.45) is 0 Å². The largest absolute Gasteiger partial charge is 0.494 e. The fourth-order valence-corrected chi connectivity index (χ4v) is 3.76. The first-order valence-electron chi connectivity index (χ1n) is 9.83. The van der Waals surface area contributed by atoms with Crippen LogP contribution in [0.1, 0.15) is 30.1 Å². The number of fused-ring (bicyclic) bond motifs is 1. The van der Waals surface area contributed by atoms with Gasteiger partial charge >= 0.3 is 0 Å². The van der Waals surface area contributed by atoms with Gasteiger partial charge in [0, 0.05) is 29.1 Å². The second-order valence-electron chi connectivity index (χ2n) is 7.37. The number of hydrogen-bond acceptors (Lipinski definition) is 7. The third kappa shape index (κ3) is 3.65. The van der Waals surface area contributed by atoms with Crippen LogP contribution < -0.4 is 10.1 Å². The first-order chi connectivity index (χ1) is 15.1. The Hall–Kier alpha value is -4.01. The summed E-state index contributed by atoms with van der Waals surface area (Å²) in [4.78, 5) is 32.2. The number of nitrogens with one attached hydrogen (secondary N) is 1. The maximum absolute atomic E-state index is 12.2. The molecule has 1 aliphatic rings. The molecule has 9 heteroatoms. The van der Waals surface area contributed by atoms with Gasteiger partial charge in [0.05, 0.1) is 37.9 Å². The number of hydrogen-bond donors (Lipinski definition) is 1. The molecule has 0 spiro atoms. The Morgan fingerprint density at radius 3 is 2.81 bits per heavy atom. The number of rotatable bonds is 5. The summed E-state index contributed by atoms with van der Waals surface area (Å²) in [5, 5.41) is 7.67. The Balaban J connectivity index is 1.37. The zero-order valence-corrected chi connectivity index (χ0v) is 16.7. The first kappa shape index (κ1) is 19.0. The number of aromatic nitrogens is 4. The molecule has 1 unspecified atom stereocenters. The summed E-state index contributed by atoms with van der Waals surface area (Å²) >= 11 is 0. The molecular formula is C22H19N5O4. The van der Waals surface area contributed by atoms with Gasteiger partial charge in [0.2, 0.25) is 11.8 Å². The summed E-state index contributed by atoms with van der Waals surface area (Å²) in [6.45, 7) is 0.437. The average Bonchev–Trinajstić information content (AvgIpc) is 3.41. The van der Waals surface area contributed by atoms with Gasteiger partial charge in [0.25, 0.3) is 0 Å². The van der Waals surface area contributed by atoms with Crippen LogP contribution in [-0.2, 0) is 16.1 Å². The molecule has 0 aliphatic carbocycles. The number of piperidine rings is 1. The Kier molecular flexibility index (Phi) is 4.70. The minimum atomic E-state index is -0.378. The van der Waals surface area contributed by atoms with E-state index >= 15 is 0 Å². The first-order valence-corrected chi connectivity index (χ1v) is 9.83. The van der Waals surface area contributed by atoms with Crippen molar-refractivity contribution >= 4 is 22.8 Å². The molecular weight excluding hydrogens is 398 g/mol. The van der Waals surface area contributed by atoms with E-state index in [0.717, 1.165) is 22.1 Å². The van der Waals surface area contributed by atoms with Gasteiger partial charge in [-0.05, 0) is 18.1 Å². The number of ether oxygens (including phenoxy) is 1. The highest BCUT2D eigenvalue weighted by atomic mass is 16.5. The van der Waals surface area contributed by atoms with Crippen LogP contribution in [0.15, 0.2) is 53.7 Å². The van der Waals surface area contributed by atoms with E-state index in [-0.39, 0.29) is 17.7 Å². The van der Waals surface area contributed by atoms with Gasteiger partial charge < -0.3 is 9.15 Å². The van der Waals surface area contributed by atoms with Gasteiger partial charge in [-0.2, -0.15) is 5.10 Å². The van der Waals surface area contributed by atoms with Gasteiger partial charge in [-0.1, -0.05) is 12.1 Å². The maximum Gasteiger partial charge on any atom is 0.234 e. The molecule has 1 saturated heterocycles. The number of nitrogens with zero attached hydrogens (tertiary/aromatic N) is 4. The van der Waals surface area contributed by atoms with Crippen LogP contribution in [0.2, 0.25) is 0 Å². The van der Waals surface area contributed by atoms with Gasteiger partial charge in [-0.3, -0.25) is 19.6 Å². The lowest BCUT2D eigenvalue weighted by Gasteiger charge is -2.19. The monoisotopic (exact) mass is 417 g/mol.